The van der Waals surface area contributed by atoms with Crippen molar-refractivity contribution in [2.75, 3.05) is 5.75 Å². The summed E-state index contributed by atoms with van der Waals surface area (Å²) in [6.07, 6.45) is -4.61. The van der Waals surface area contributed by atoms with E-state index in [0.29, 0.717) is 6.07 Å². The molecule has 0 aliphatic rings. The molecule has 0 aliphatic heterocycles. The Morgan fingerprint density at radius 3 is 2.41 bits per heavy atom. The highest BCUT2D eigenvalue weighted by atomic mass is 32.2. The third-order valence-electron chi connectivity index (χ3n) is 1.87. The maximum Gasteiger partial charge on any atom is 0.416 e. The van der Waals surface area contributed by atoms with Crippen molar-refractivity contribution in [3.8, 4) is 0 Å². The topological polar surface area (TPSA) is 84.0 Å². The first-order valence-corrected chi connectivity index (χ1v) is 6.01. The molecule has 1 aromatic rings. The average Bonchev–Trinajstić information content (AvgIpc) is 2.14. The highest BCUT2D eigenvalue weighted by molar-refractivity contribution is 7.92. The van der Waals surface area contributed by atoms with Crippen LogP contribution < -0.4 is 5.73 Å². The van der Waals surface area contributed by atoms with Crippen LogP contribution in [-0.4, -0.2) is 20.0 Å². The molecule has 0 amide bonds. The molecule has 0 saturated carbocycles. The summed E-state index contributed by atoms with van der Waals surface area (Å²) in [5.41, 5.74) is 3.87. The normalized spacial score (nSPS) is 12.4. The molecular formula is C9H9F3N2O2S. The molecule has 3 N–H and O–H groups in total. The van der Waals surface area contributed by atoms with Gasteiger partial charge in [-0.2, -0.15) is 13.2 Å². The van der Waals surface area contributed by atoms with Crippen molar-refractivity contribution in [1.82, 2.24) is 0 Å². The smallest absolute Gasteiger partial charge is 0.387 e. The Balaban J connectivity index is 3.21. The Hall–Kier alpha value is -1.57. The maximum atomic E-state index is 12.4. The number of halogens is 3. The SMILES string of the molecule is N=C(N)CS(=O)(=O)c1cccc(C(F)(F)F)c1. The molecule has 0 radical (unpaired) electrons. The van der Waals surface area contributed by atoms with E-state index in [-0.39, 0.29) is 0 Å². The predicted molar refractivity (Wildman–Crippen MR) is 55.4 cm³/mol. The van der Waals surface area contributed by atoms with Crippen molar-refractivity contribution in [2.45, 2.75) is 11.1 Å². The number of alkyl halides is 3. The first-order chi connectivity index (χ1) is 7.63. The first-order valence-electron chi connectivity index (χ1n) is 4.36. The Labute approximate surface area is 95.7 Å². The summed E-state index contributed by atoms with van der Waals surface area (Å²) >= 11 is 0. The van der Waals surface area contributed by atoms with Crippen LogP contribution in [-0.2, 0) is 16.0 Å². The zero-order valence-electron chi connectivity index (χ0n) is 8.45. The Kier molecular flexibility index (Phi) is 3.46. The Morgan fingerprint density at radius 2 is 1.94 bits per heavy atom. The van der Waals surface area contributed by atoms with Crippen LogP contribution in [0.25, 0.3) is 0 Å². The standard InChI is InChI=1S/C9H9F3N2O2S/c10-9(11,12)6-2-1-3-7(4-6)17(15,16)5-8(13)14/h1-4H,5H2,(H3,13,14). The lowest BCUT2D eigenvalue weighted by atomic mass is 10.2. The van der Waals surface area contributed by atoms with Crippen molar-refractivity contribution in [3.05, 3.63) is 29.8 Å². The van der Waals surface area contributed by atoms with Crippen LogP contribution in [0.4, 0.5) is 13.2 Å². The third-order valence-corrected chi connectivity index (χ3v) is 3.53. The van der Waals surface area contributed by atoms with Gasteiger partial charge in [0, 0.05) is 0 Å². The fraction of sp³-hybridized carbons (Fsp3) is 0.222. The Morgan fingerprint density at radius 1 is 1.35 bits per heavy atom. The van der Waals surface area contributed by atoms with Gasteiger partial charge in [0.05, 0.1) is 10.5 Å². The zero-order valence-corrected chi connectivity index (χ0v) is 9.27. The van der Waals surface area contributed by atoms with Crippen LogP contribution in [0.2, 0.25) is 0 Å². The van der Waals surface area contributed by atoms with Gasteiger partial charge in [-0.1, -0.05) is 6.07 Å². The van der Waals surface area contributed by atoms with Crippen molar-refractivity contribution in [3.63, 3.8) is 0 Å². The summed E-state index contributed by atoms with van der Waals surface area (Å²) in [5.74, 6) is -1.42. The number of rotatable bonds is 3. The molecule has 0 bridgehead atoms. The van der Waals surface area contributed by atoms with Gasteiger partial charge in [0.2, 0.25) is 0 Å². The largest absolute Gasteiger partial charge is 0.416 e. The number of hydrogen-bond acceptors (Lipinski definition) is 3. The van der Waals surface area contributed by atoms with Gasteiger partial charge in [-0.15, -0.1) is 0 Å². The second-order valence-corrected chi connectivity index (χ2v) is 5.30. The van der Waals surface area contributed by atoms with Crippen LogP contribution in [0.3, 0.4) is 0 Å². The minimum absolute atomic E-state index is 0.498. The molecule has 0 heterocycles. The molecule has 94 valence electrons. The van der Waals surface area contributed by atoms with Gasteiger partial charge in [0.1, 0.15) is 11.6 Å². The van der Waals surface area contributed by atoms with Crippen LogP contribution in [0.5, 0.6) is 0 Å². The zero-order chi connectivity index (χ0) is 13.3. The van der Waals surface area contributed by atoms with Gasteiger partial charge in [0.25, 0.3) is 0 Å². The molecule has 1 rings (SSSR count). The van der Waals surface area contributed by atoms with Crippen molar-refractivity contribution in [1.29, 1.82) is 5.41 Å². The highest BCUT2D eigenvalue weighted by Crippen LogP contribution is 2.30. The number of nitrogens with one attached hydrogen (secondary N) is 1. The van der Waals surface area contributed by atoms with Crippen LogP contribution in [0.15, 0.2) is 29.2 Å². The molecule has 17 heavy (non-hydrogen) atoms. The lowest BCUT2D eigenvalue weighted by molar-refractivity contribution is -0.137. The fourth-order valence-electron chi connectivity index (χ4n) is 1.15. The van der Waals surface area contributed by atoms with E-state index in [2.05, 4.69) is 0 Å². The average molecular weight is 266 g/mol. The molecule has 4 nitrogen and oxygen atoms in total. The second kappa shape index (κ2) is 4.36. The monoisotopic (exact) mass is 266 g/mol. The molecule has 0 unspecified atom stereocenters. The number of hydrogen-bond donors (Lipinski definition) is 2. The molecule has 0 atom stereocenters. The summed E-state index contributed by atoms with van der Waals surface area (Å²) in [6.45, 7) is 0. The van der Waals surface area contributed by atoms with E-state index in [1.54, 1.807) is 0 Å². The third kappa shape index (κ3) is 3.45. The fourth-order valence-corrected chi connectivity index (χ4v) is 2.32. The highest BCUT2D eigenvalue weighted by Gasteiger charge is 2.31. The second-order valence-electron chi connectivity index (χ2n) is 3.31. The molecule has 0 fully saturated rings. The van der Waals surface area contributed by atoms with E-state index >= 15 is 0 Å². The number of benzene rings is 1. The van der Waals surface area contributed by atoms with Crippen molar-refractivity contribution >= 4 is 15.7 Å². The van der Waals surface area contributed by atoms with E-state index in [1.807, 2.05) is 0 Å². The lowest BCUT2D eigenvalue weighted by Crippen LogP contribution is -2.22. The number of sulfone groups is 1. The summed E-state index contributed by atoms with van der Waals surface area (Å²) in [4.78, 5) is -0.498. The van der Waals surface area contributed by atoms with Gasteiger partial charge < -0.3 is 5.73 Å². The first kappa shape index (κ1) is 13.5. The van der Waals surface area contributed by atoms with E-state index in [9.17, 15) is 21.6 Å². The van der Waals surface area contributed by atoms with Crippen molar-refractivity contribution in [2.24, 2.45) is 5.73 Å². The number of amidine groups is 1. The summed E-state index contributed by atoms with van der Waals surface area (Å²) in [7, 11) is -3.99. The molecule has 1 aromatic carbocycles. The van der Waals surface area contributed by atoms with E-state index in [0.717, 1.165) is 18.2 Å². The minimum Gasteiger partial charge on any atom is -0.387 e. The molecular weight excluding hydrogens is 257 g/mol. The summed E-state index contributed by atoms with van der Waals surface area (Å²) in [6, 6.07) is 3.33. The molecule has 0 spiro atoms. The van der Waals surface area contributed by atoms with Gasteiger partial charge >= 0.3 is 6.18 Å². The van der Waals surface area contributed by atoms with Crippen LogP contribution in [0, 0.1) is 5.41 Å². The van der Waals surface area contributed by atoms with Crippen LogP contribution >= 0.6 is 0 Å². The van der Waals surface area contributed by atoms with Gasteiger partial charge in [-0.05, 0) is 18.2 Å². The quantitative estimate of drug-likeness (QED) is 0.641. The van der Waals surface area contributed by atoms with Gasteiger partial charge in [-0.3, -0.25) is 5.41 Å². The van der Waals surface area contributed by atoms with Crippen LogP contribution in [0.1, 0.15) is 5.56 Å². The van der Waals surface area contributed by atoms with Gasteiger partial charge in [-0.25, -0.2) is 8.42 Å². The summed E-state index contributed by atoms with van der Waals surface area (Å²) < 4.78 is 60.1. The molecule has 0 aromatic heterocycles. The molecule has 8 heteroatoms. The Bertz CT molecular complexity index is 537. The molecule has 0 aliphatic carbocycles. The summed E-state index contributed by atoms with van der Waals surface area (Å²) in [5, 5.41) is 6.85. The van der Waals surface area contributed by atoms with E-state index < -0.39 is 38.1 Å². The predicted octanol–water partition coefficient (Wildman–Crippen LogP) is 1.42. The lowest BCUT2D eigenvalue weighted by Gasteiger charge is -2.08. The van der Waals surface area contributed by atoms with Crippen molar-refractivity contribution < 1.29 is 21.6 Å². The maximum absolute atomic E-state index is 12.4. The van der Waals surface area contributed by atoms with E-state index in [1.165, 1.54) is 0 Å². The minimum atomic E-state index is -4.61. The molecule has 0 saturated heterocycles. The van der Waals surface area contributed by atoms with E-state index in [4.69, 9.17) is 11.1 Å². The van der Waals surface area contributed by atoms with Gasteiger partial charge in [0.15, 0.2) is 9.84 Å². The number of nitrogens with two attached hydrogens (primary N) is 1.